The van der Waals surface area contributed by atoms with E-state index in [1.165, 1.54) is 12.1 Å². The molecule has 1 unspecified atom stereocenters. The fourth-order valence-electron chi connectivity index (χ4n) is 3.61. The van der Waals surface area contributed by atoms with Crippen LogP contribution in [0.5, 0.6) is 0 Å². The normalized spacial score (nSPS) is 22.3. The van der Waals surface area contributed by atoms with Crippen molar-refractivity contribution < 1.29 is 9.18 Å². The van der Waals surface area contributed by atoms with E-state index in [1.54, 1.807) is 12.1 Å². The smallest absolute Gasteiger partial charge is 0.132 e. The number of carbonyl (C=O) groups is 1. The monoisotopic (exact) mass is 315 g/mol. The van der Waals surface area contributed by atoms with E-state index < -0.39 is 0 Å². The van der Waals surface area contributed by atoms with Crippen LogP contribution in [0.4, 0.5) is 4.39 Å². The highest BCUT2D eigenvalue weighted by atomic mass is 19.1. The first-order valence-corrected chi connectivity index (χ1v) is 8.78. The Balaban J connectivity index is 1.81. The minimum Gasteiger partial charge on any atom is -0.300 e. The van der Waals surface area contributed by atoms with Gasteiger partial charge in [0, 0.05) is 12.8 Å². The van der Waals surface area contributed by atoms with Crippen molar-refractivity contribution in [3.05, 3.63) is 35.6 Å². The zero-order chi connectivity index (χ0) is 16.7. The average Bonchev–Trinajstić information content (AvgIpc) is 2.59. The van der Waals surface area contributed by atoms with E-state index in [0.717, 1.165) is 37.7 Å². The Morgan fingerprint density at radius 2 is 1.91 bits per heavy atom. The topological polar surface area (TPSA) is 40.9 Å². The number of benzene rings is 1. The van der Waals surface area contributed by atoms with Crippen molar-refractivity contribution >= 4 is 5.78 Å². The Bertz CT molecular complexity index is 538. The summed E-state index contributed by atoms with van der Waals surface area (Å²) >= 11 is 0. The lowest BCUT2D eigenvalue weighted by atomic mass is 9.73. The van der Waals surface area contributed by atoms with Crippen LogP contribution in [0.2, 0.25) is 0 Å². The summed E-state index contributed by atoms with van der Waals surface area (Å²) in [4.78, 5) is 11.4. The summed E-state index contributed by atoms with van der Waals surface area (Å²) in [6, 6.07) is 8.95. The van der Waals surface area contributed by atoms with E-state index in [2.05, 4.69) is 6.07 Å². The number of hydrogen-bond donors (Lipinski definition) is 0. The Morgan fingerprint density at radius 1 is 1.26 bits per heavy atom. The Labute approximate surface area is 138 Å². The van der Waals surface area contributed by atoms with Gasteiger partial charge in [0.25, 0.3) is 0 Å². The lowest BCUT2D eigenvalue weighted by Crippen LogP contribution is -2.23. The molecule has 0 amide bonds. The van der Waals surface area contributed by atoms with Gasteiger partial charge in [-0.2, -0.15) is 5.26 Å². The predicted octanol–water partition coefficient (Wildman–Crippen LogP) is 5.07. The number of nitrogens with zero attached hydrogens (tertiary/aromatic N) is 1. The third kappa shape index (κ3) is 5.46. The van der Waals surface area contributed by atoms with E-state index >= 15 is 0 Å². The highest BCUT2D eigenvalue weighted by molar-refractivity contribution is 5.77. The average molecular weight is 315 g/mol. The molecule has 1 aliphatic carbocycles. The zero-order valence-corrected chi connectivity index (χ0v) is 13.9. The van der Waals surface area contributed by atoms with Crippen molar-refractivity contribution in [2.75, 3.05) is 0 Å². The lowest BCUT2D eigenvalue weighted by Gasteiger charge is -2.31. The SMILES string of the molecule is CCC(=O)CC[C@H]1CC[C@H](C(C#N)Cc2ccc(F)cc2)CC1. The second-order valence-electron chi connectivity index (χ2n) is 6.78. The molecule has 1 fully saturated rings. The van der Waals surface area contributed by atoms with Gasteiger partial charge < -0.3 is 0 Å². The molecule has 0 aromatic heterocycles. The molecule has 1 aromatic rings. The quantitative estimate of drug-likeness (QED) is 0.704. The molecule has 0 spiro atoms. The first-order valence-electron chi connectivity index (χ1n) is 8.78. The highest BCUT2D eigenvalue weighted by Gasteiger charge is 2.27. The van der Waals surface area contributed by atoms with Crippen molar-refractivity contribution in [2.45, 2.75) is 58.3 Å². The molecular weight excluding hydrogens is 289 g/mol. The van der Waals surface area contributed by atoms with Gasteiger partial charge in [0.1, 0.15) is 11.6 Å². The van der Waals surface area contributed by atoms with E-state index in [9.17, 15) is 14.4 Å². The summed E-state index contributed by atoms with van der Waals surface area (Å²) in [6.07, 6.45) is 7.48. The van der Waals surface area contributed by atoms with Gasteiger partial charge in [0.2, 0.25) is 0 Å². The lowest BCUT2D eigenvalue weighted by molar-refractivity contribution is -0.119. The molecule has 1 aliphatic rings. The second-order valence-corrected chi connectivity index (χ2v) is 6.78. The summed E-state index contributed by atoms with van der Waals surface area (Å²) in [5.74, 6) is 1.22. The molecule has 124 valence electrons. The third-order valence-electron chi connectivity index (χ3n) is 5.22. The summed E-state index contributed by atoms with van der Waals surface area (Å²) in [7, 11) is 0. The van der Waals surface area contributed by atoms with Gasteiger partial charge in [-0.3, -0.25) is 4.79 Å². The Kier molecular flexibility index (Phi) is 6.77. The maximum atomic E-state index is 13.0. The number of rotatable bonds is 7. The van der Waals surface area contributed by atoms with Crippen LogP contribution in [-0.2, 0) is 11.2 Å². The molecule has 0 radical (unpaired) electrons. The van der Waals surface area contributed by atoms with Crippen molar-refractivity contribution in [1.82, 2.24) is 0 Å². The Morgan fingerprint density at radius 3 is 2.48 bits per heavy atom. The van der Waals surface area contributed by atoms with Gasteiger partial charge in [0.15, 0.2) is 0 Å². The number of halogens is 1. The predicted molar refractivity (Wildman–Crippen MR) is 89.2 cm³/mol. The van der Waals surface area contributed by atoms with Crippen molar-refractivity contribution in [2.24, 2.45) is 17.8 Å². The van der Waals surface area contributed by atoms with Crippen molar-refractivity contribution in [3.8, 4) is 6.07 Å². The van der Waals surface area contributed by atoms with Crippen LogP contribution < -0.4 is 0 Å². The highest BCUT2D eigenvalue weighted by Crippen LogP contribution is 2.36. The van der Waals surface area contributed by atoms with E-state index in [1.807, 2.05) is 6.92 Å². The Hall–Kier alpha value is -1.69. The van der Waals surface area contributed by atoms with Crippen molar-refractivity contribution in [3.63, 3.8) is 0 Å². The first kappa shape index (κ1) is 17.7. The minimum absolute atomic E-state index is 0.0127. The molecule has 2 rings (SSSR count). The minimum atomic E-state index is -0.232. The molecule has 0 N–H and O–H groups in total. The van der Waals surface area contributed by atoms with E-state index in [0.29, 0.717) is 36.9 Å². The zero-order valence-electron chi connectivity index (χ0n) is 13.9. The van der Waals surface area contributed by atoms with Gasteiger partial charge in [-0.15, -0.1) is 0 Å². The maximum Gasteiger partial charge on any atom is 0.132 e. The van der Waals surface area contributed by atoms with E-state index in [-0.39, 0.29) is 11.7 Å². The van der Waals surface area contributed by atoms with Crippen LogP contribution in [0.25, 0.3) is 0 Å². The summed E-state index contributed by atoms with van der Waals surface area (Å²) < 4.78 is 13.0. The maximum absolute atomic E-state index is 13.0. The van der Waals surface area contributed by atoms with Crippen LogP contribution in [0.15, 0.2) is 24.3 Å². The molecular formula is C20H26FNO. The largest absolute Gasteiger partial charge is 0.300 e. The van der Waals surface area contributed by atoms with E-state index in [4.69, 9.17) is 0 Å². The summed E-state index contributed by atoms with van der Waals surface area (Å²) in [5, 5.41) is 9.50. The molecule has 0 heterocycles. The second kappa shape index (κ2) is 8.82. The van der Waals surface area contributed by atoms with Crippen LogP contribution in [0.1, 0.15) is 57.4 Å². The van der Waals surface area contributed by atoms with Gasteiger partial charge in [-0.25, -0.2) is 4.39 Å². The van der Waals surface area contributed by atoms with Crippen LogP contribution >= 0.6 is 0 Å². The van der Waals surface area contributed by atoms with Crippen molar-refractivity contribution in [1.29, 1.82) is 5.26 Å². The van der Waals surface area contributed by atoms with Gasteiger partial charge in [-0.1, -0.05) is 31.9 Å². The molecule has 2 nitrogen and oxygen atoms in total. The number of Topliss-reactive ketones (excluding diaryl/α,β-unsaturated/α-hetero) is 1. The van der Waals surface area contributed by atoms with Crippen LogP contribution in [0.3, 0.4) is 0 Å². The summed E-state index contributed by atoms with van der Waals surface area (Å²) in [6.45, 7) is 1.92. The first-order chi connectivity index (χ1) is 11.1. The number of hydrogen-bond acceptors (Lipinski definition) is 2. The molecule has 0 bridgehead atoms. The summed E-state index contributed by atoms with van der Waals surface area (Å²) in [5.41, 5.74) is 1.04. The molecule has 1 atom stereocenters. The molecule has 0 aliphatic heterocycles. The van der Waals surface area contributed by atoms with Crippen LogP contribution in [-0.4, -0.2) is 5.78 Å². The van der Waals surface area contributed by atoms with Gasteiger partial charge >= 0.3 is 0 Å². The standard InChI is InChI=1S/C20H26FNO/c1-2-20(23)12-7-15-3-8-17(9-4-15)18(14-22)13-16-5-10-19(21)11-6-16/h5-6,10-11,15,17-18H,2-4,7-9,12-13H2,1H3/t15-,17-,18?. The van der Waals surface area contributed by atoms with Gasteiger partial charge in [0.05, 0.1) is 12.0 Å². The van der Waals surface area contributed by atoms with Gasteiger partial charge in [-0.05, 0) is 55.2 Å². The van der Waals surface area contributed by atoms with Crippen LogP contribution in [0, 0.1) is 34.9 Å². The molecule has 1 aromatic carbocycles. The molecule has 1 saturated carbocycles. The third-order valence-corrected chi connectivity index (χ3v) is 5.22. The molecule has 0 saturated heterocycles. The molecule has 23 heavy (non-hydrogen) atoms. The number of ketones is 1. The fraction of sp³-hybridized carbons (Fsp3) is 0.600. The fourth-order valence-corrected chi connectivity index (χ4v) is 3.61. The number of carbonyl (C=O) groups excluding carboxylic acids is 1. The molecule has 3 heteroatoms. The number of nitriles is 1.